The van der Waals surface area contributed by atoms with Crippen molar-refractivity contribution in [3.05, 3.63) is 0 Å². The highest BCUT2D eigenvalue weighted by Gasteiger charge is 2.20. The lowest BCUT2D eigenvalue weighted by Crippen LogP contribution is -2.37. The van der Waals surface area contributed by atoms with Crippen molar-refractivity contribution in [2.24, 2.45) is 5.92 Å². The monoisotopic (exact) mass is 287 g/mol. The van der Waals surface area contributed by atoms with Gasteiger partial charge in [0, 0.05) is 30.5 Å². The van der Waals surface area contributed by atoms with Gasteiger partial charge < -0.3 is 4.90 Å². The Labute approximate surface area is 119 Å². The topological polar surface area (TPSA) is 20.3 Å². The smallest absolute Gasteiger partial charge is 0.222 e. The third-order valence-corrected chi connectivity index (χ3v) is 7.04. The lowest BCUT2D eigenvalue weighted by molar-refractivity contribution is -0.132. The van der Waals surface area contributed by atoms with E-state index in [9.17, 15) is 4.79 Å². The van der Waals surface area contributed by atoms with Gasteiger partial charge >= 0.3 is 0 Å². The minimum absolute atomic E-state index is 0.398. The van der Waals surface area contributed by atoms with Gasteiger partial charge in [-0.3, -0.25) is 4.79 Å². The summed E-state index contributed by atoms with van der Waals surface area (Å²) in [5.41, 5.74) is 0. The molecule has 2 aliphatic heterocycles. The van der Waals surface area contributed by atoms with Crippen molar-refractivity contribution in [2.75, 3.05) is 18.8 Å². The van der Waals surface area contributed by atoms with Crippen molar-refractivity contribution in [1.82, 2.24) is 4.90 Å². The highest BCUT2D eigenvalue weighted by atomic mass is 33.1. The minimum atomic E-state index is 0.398. The standard InChI is InChI=1S/C14H25NOS2/c1-12-6-9-15(10-7-12)14(16)5-3-2-4-13-8-11-17-18-13/h12-13H,2-11H2,1H3/t13-/m1/s1. The number of hydrogen-bond acceptors (Lipinski definition) is 3. The SMILES string of the molecule is CC1CCN(C(=O)CCCC[C@@H]2CCSS2)CC1. The first-order valence-corrected chi connectivity index (χ1v) is 9.70. The fourth-order valence-electron chi connectivity index (χ4n) is 2.63. The summed E-state index contributed by atoms with van der Waals surface area (Å²) in [6, 6.07) is 0. The molecule has 104 valence electrons. The Morgan fingerprint density at radius 2 is 2.00 bits per heavy atom. The van der Waals surface area contributed by atoms with Gasteiger partial charge in [-0.2, -0.15) is 0 Å². The van der Waals surface area contributed by atoms with Crippen LogP contribution >= 0.6 is 21.6 Å². The number of amides is 1. The lowest BCUT2D eigenvalue weighted by Gasteiger charge is -2.30. The maximum Gasteiger partial charge on any atom is 0.222 e. The third kappa shape index (κ3) is 4.69. The fourth-order valence-corrected chi connectivity index (χ4v) is 5.66. The normalized spacial score (nSPS) is 25.6. The molecule has 0 unspecified atom stereocenters. The van der Waals surface area contributed by atoms with Gasteiger partial charge in [-0.25, -0.2) is 0 Å². The molecule has 2 fully saturated rings. The first-order valence-electron chi connectivity index (χ1n) is 7.32. The predicted octanol–water partition coefficient (Wildman–Crippen LogP) is 3.96. The van der Waals surface area contributed by atoms with Gasteiger partial charge in [0.2, 0.25) is 5.91 Å². The maximum atomic E-state index is 12.0. The van der Waals surface area contributed by atoms with Crippen molar-refractivity contribution in [3.8, 4) is 0 Å². The number of unbranched alkanes of at least 4 members (excludes halogenated alkanes) is 1. The van der Waals surface area contributed by atoms with Gasteiger partial charge in [-0.15, -0.1) is 0 Å². The zero-order valence-corrected chi connectivity index (χ0v) is 13.0. The molecule has 18 heavy (non-hydrogen) atoms. The summed E-state index contributed by atoms with van der Waals surface area (Å²) in [5, 5.41) is 0.862. The number of carbonyl (C=O) groups excluding carboxylic acids is 1. The van der Waals surface area contributed by atoms with Gasteiger partial charge in [0.15, 0.2) is 0 Å². The van der Waals surface area contributed by atoms with E-state index < -0.39 is 0 Å². The molecule has 0 aromatic heterocycles. The van der Waals surface area contributed by atoms with E-state index >= 15 is 0 Å². The Bertz CT molecular complexity index is 259. The van der Waals surface area contributed by atoms with Crippen LogP contribution in [0, 0.1) is 5.92 Å². The highest BCUT2D eigenvalue weighted by Crippen LogP contribution is 2.39. The molecule has 2 aliphatic rings. The fraction of sp³-hybridized carbons (Fsp3) is 0.929. The Balaban J connectivity index is 1.54. The Hall–Kier alpha value is 0.170. The quantitative estimate of drug-likeness (QED) is 0.564. The summed E-state index contributed by atoms with van der Waals surface area (Å²) in [7, 11) is 4.06. The van der Waals surface area contributed by atoms with E-state index in [2.05, 4.69) is 22.6 Å². The molecule has 0 spiro atoms. The van der Waals surface area contributed by atoms with Crippen molar-refractivity contribution < 1.29 is 4.79 Å². The second-order valence-corrected chi connectivity index (χ2v) is 8.43. The van der Waals surface area contributed by atoms with Crippen LogP contribution in [0.25, 0.3) is 0 Å². The minimum Gasteiger partial charge on any atom is -0.343 e. The van der Waals surface area contributed by atoms with Gasteiger partial charge in [-0.1, -0.05) is 34.9 Å². The van der Waals surface area contributed by atoms with Crippen LogP contribution in [0.3, 0.4) is 0 Å². The molecule has 1 atom stereocenters. The Morgan fingerprint density at radius 1 is 1.22 bits per heavy atom. The Kier molecular flexibility index (Phi) is 6.22. The summed E-state index contributed by atoms with van der Waals surface area (Å²) >= 11 is 0. The van der Waals surface area contributed by atoms with Crippen molar-refractivity contribution in [3.63, 3.8) is 0 Å². The lowest BCUT2D eigenvalue weighted by atomic mass is 9.99. The number of likely N-dealkylation sites (tertiary alicyclic amines) is 1. The molecular weight excluding hydrogens is 262 g/mol. The summed E-state index contributed by atoms with van der Waals surface area (Å²) < 4.78 is 0. The van der Waals surface area contributed by atoms with Gasteiger partial charge in [-0.05, 0) is 38.0 Å². The summed E-state index contributed by atoms with van der Waals surface area (Å²) in [4.78, 5) is 14.1. The average molecular weight is 287 g/mol. The molecule has 2 saturated heterocycles. The van der Waals surface area contributed by atoms with Crippen molar-refractivity contribution in [1.29, 1.82) is 0 Å². The van der Waals surface area contributed by atoms with Gasteiger partial charge in [0.25, 0.3) is 0 Å². The molecule has 0 aliphatic carbocycles. The van der Waals surface area contributed by atoms with E-state index in [1.165, 1.54) is 37.9 Å². The van der Waals surface area contributed by atoms with Crippen molar-refractivity contribution >= 4 is 27.5 Å². The van der Waals surface area contributed by atoms with E-state index in [1.54, 1.807) is 0 Å². The van der Waals surface area contributed by atoms with Crippen LogP contribution in [0.15, 0.2) is 0 Å². The molecule has 2 nitrogen and oxygen atoms in total. The van der Waals surface area contributed by atoms with E-state index in [1.807, 2.05) is 10.8 Å². The summed E-state index contributed by atoms with van der Waals surface area (Å²) in [6.45, 7) is 4.28. The van der Waals surface area contributed by atoms with Crippen LogP contribution in [0.4, 0.5) is 0 Å². The number of carbonyl (C=O) groups is 1. The van der Waals surface area contributed by atoms with Crippen LogP contribution in [0.2, 0.25) is 0 Å². The first-order chi connectivity index (χ1) is 8.75. The number of hydrogen-bond donors (Lipinski definition) is 0. The maximum absolute atomic E-state index is 12.0. The highest BCUT2D eigenvalue weighted by molar-refractivity contribution is 8.77. The van der Waals surface area contributed by atoms with E-state index in [0.29, 0.717) is 5.91 Å². The van der Waals surface area contributed by atoms with E-state index in [-0.39, 0.29) is 0 Å². The molecule has 0 radical (unpaired) electrons. The predicted molar refractivity (Wildman–Crippen MR) is 81.9 cm³/mol. The zero-order valence-electron chi connectivity index (χ0n) is 11.4. The molecule has 0 aromatic rings. The van der Waals surface area contributed by atoms with Crippen LogP contribution in [0.5, 0.6) is 0 Å². The molecular formula is C14H25NOS2. The van der Waals surface area contributed by atoms with Gasteiger partial charge in [0.05, 0.1) is 0 Å². The number of nitrogens with zero attached hydrogens (tertiary/aromatic N) is 1. The second kappa shape index (κ2) is 7.68. The average Bonchev–Trinajstić information content (AvgIpc) is 2.88. The second-order valence-electron chi connectivity index (χ2n) is 5.64. The first kappa shape index (κ1) is 14.6. The van der Waals surface area contributed by atoms with E-state index in [4.69, 9.17) is 0 Å². The molecule has 2 heterocycles. The molecule has 0 N–H and O–H groups in total. The molecule has 1 amide bonds. The molecule has 4 heteroatoms. The molecule has 2 rings (SSSR count). The van der Waals surface area contributed by atoms with E-state index in [0.717, 1.165) is 37.1 Å². The Morgan fingerprint density at radius 3 is 2.67 bits per heavy atom. The summed E-state index contributed by atoms with van der Waals surface area (Å²) in [6.07, 6.45) is 8.17. The molecule has 0 saturated carbocycles. The number of piperidine rings is 1. The van der Waals surface area contributed by atoms with Crippen LogP contribution < -0.4 is 0 Å². The van der Waals surface area contributed by atoms with Crippen LogP contribution in [0.1, 0.15) is 51.9 Å². The van der Waals surface area contributed by atoms with Crippen molar-refractivity contribution in [2.45, 2.75) is 57.1 Å². The van der Waals surface area contributed by atoms with Crippen LogP contribution in [-0.4, -0.2) is 34.9 Å². The molecule has 0 bridgehead atoms. The zero-order chi connectivity index (χ0) is 12.8. The number of rotatable bonds is 5. The summed E-state index contributed by atoms with van der Waals surface area (Å²) in [5.74, 6) is 2.53. The largest absolute Gasteiger partial charge is 0.343 e. The van der Waals surface area contributed by atoms with Crippen LogP contribution in [-0.2, 0) is 4.79 Å². The molecule has 0 aromatic carbocycles. The third-order valence-electron chi connectivity index (χ3n) is 4.03. The van der Waals surface area contributed by atoms with Gasteiger partial charge in [0.1, 0.15) is 0 Å².